The predicted octanol–water partition coefficient (Wildman–Crippen LogP) is 4.08. The van der Waals surface area contributed by atoms with Crippen molar-refractivity contribution in [3.8, 4) is 11.5 Å². The van der Waals surface area contributed by atoms with Gasteiger partial charge >= 0.3 is 5.97 Å². The van der Waals surface area contributed by atoms with Crippen LogP contribution in [0.15, 0.2) is 78.9 Å². The second-order valence-corrected chi connectivity index (χ2v) is 8.48. The van der Waals surface area contributed by atoms with Gasteiger partial charge in [-0.25, -0.2) is 17.6 Å². The van der Waals surface area contributed by atoms with Crippen LogP contribution in [0.3, 0.4) is 0 Å². The number of hydrogen-bond donors (Lipinski definition) is 1. The molecule has 0 aliphatic rings. The highest BCUT2D eigenvalue weighted by atomic mass is 32.2. The van der Waals surface area contributed by atoms with Crippen molar-refractivity contribution in [1.82, 2.24) is 0 Å². The summed E-state index contributed by atoms with van der Waals surface area (Å²) in [7, 11) is -3.98. The number of anilines is 1. The zero-order valence-corrected chi connectivity index (χ0v) is 16.9. The maximum Gasteiger partial charge on any atom is 0.327 e. The van der Waals surface area contributed by atoms with Crippen molar-refractivity contribution in [2.75, 3.05) is 10.6 Å². The summed E-state index contributed by atoms with van der Waals surface area (Å²) in [4.78, 5) is 12.1. The lowest BCUT2D eigenvalue weighted by atomic mass is 10.0. The Morgan fingerprint density at radius 3 is 2.20 bits per heavy atom. The lowest BCUT2D eigenvalue weighted by Gasteiger charge is -2.29. The third kappa shape index (κ3) is 5.15. The molecule has 0 aliphatic carbocycles. The number of halogens is 1. The van der Waals surface area contributed by atoms with Gasteiger partial charge in [-0.05, 0) is 48.0 Å². The molecule has 0 saturated carbocycles. The fourth-order valence-electron chi connectivity index (χ4n) is 3.06. The molecule has 3 aromatic rings. The molecular weight excluding hydrogens is 409 g/mol. The molecule has 0 amide bonds. The number of aliphatic carboxylic acids is 1. The highest BCUT2D eigenvalue weighted by Crippen LogP contribution is 2.29. The largest absolute Gasteiger partial charge is 0.480 e. The Kier molecular flexibility index (Phi) is 6.37. The molecule has 0 heterocycles. The molecule has 1 atom stereocenters. The first kappa shape index (κ1) is 21.3. The van der Waals surface area contributed by atoms with Crippen molar-refractivity contribution in [3.05, 3.63) is 90.2 Å². The van der Waals surface area contributed by atoms with E-state index in [1.165, 1.54) is 12.1 Å². The quantitative estimate of drug-likeness (QED) is 0.583. The van der Waals surface area contributed by atoms with E-state index in [0.29, 0.717) is 17.1 Å². The van der Waals surface area contributed by atoms with E-state index < -0.39 is 27.9 Å². The minimum atomic E-state index is -3.98. The standard InChI is InChI=1S/C22H20FNO5S/c1-30(27,28)24(18-13-11-17(23)12-14-18)20(22(25)26)15-16-7-5-6-10-21(16)29-19-8-3-2-4-9-19/h2-14,20H,15H2,1H3,(H,25,26). The van der Waals surface area contributed by atoms with Crippen molar-refractivity contribution in [2.24, 2.45) is 0 Å². The first-order valence-electron chi connectivity index (χ1n) is 9.04. The number of carbonyl (C=O) groups is 1. The molecule has 8 heteroatoms. The minimum absolute atomic E-state index is 0.0627. The summed E-state index contributed by atoms with van der Waals surface area (Å²) in [6.07, 6.45) is 0.765. The lowest BCUT2D eigenvalue weighted by Crippen LogP contribution is -2.46. The van der Waals surface area contributed by atoms with Crippen LogP contribution in [0.5, 0.6) is 11.5 Å². The van der Waals surface area contributed by atoms with Crippen molar-refractivity contribution >= 4 is 21.7 Å². The zero-order valence-electron chi connectivity index (χ0n) is 16.1. The summed E-state index contributed by atoms with van der Waals surface area (Å²) in [5, 5.41) is 9.84. The summed E-state index contributed by atoms with van der Waals surface area (Å²) in [5.74, 6) is -0.905. The Morgan fingerprint density at radius 2 is 1.60 bits per heavy atom. The molecule has 6 nitrogen and oxygen atoms in total. The van der Waals surface area contributed by atoms with Gasteiger partial charge in [-0.1, -0.05) is 36.4 Å². The monoisotopic (exact) mass is 429 g/mol. The fraction of sp³-hybridized carbons (Fsp3) is 0.136. The van der Waals surface area contributed by atoms with Crippen LogP contribution >= 0.6 is 0 Å². The van der Waals surface area contributed by atoms with Gasteiger partial charge in [0.25, 0.3) is 0 Å². The normalized spacial score (nSPS) is 12.2. The molecular formula is C22H20FNO5S. The number of hydrogen-bond acceptors (Lipinski definition) is 4. The summed E-state index contributed by atoms with van der Waals surface area (Å²) in [6.45, 7) is 0. The molecule has 3 aromatic carbocycles. The topological polar surface area (TPSA) is 83.9 Å². The summed E-state index contributed by atoms with van der Waals surface area (Å²) in [5.41, 5.74) is 0.581. The van der Waals surface area contributed by atoms with Gasteiger partial charge in [-0.3, -0.25) is 4.31 Å². The molecule has 0 aliphatic heterocycles. The van der Waals surface area contributed by atoms with E-state index in [1.807, 2.05) is 6.07 Å². The summed E-state index contributed by atoms with van der Waals surface area (Å²) in [6, 6.07) is 19.0. The number of benzene rings is 3. The molecule has 3 rings (SSSR count). The van der Waals surface area contributed by atoms with Crippen molar-refractivity contribution in [2.45, 2.75) is 12.5 Å². The molecule has 1 N–H and O–H groups in total. The summed E-state index contributed by atoms with van der Waals surface area (Å²) >= 11 is 0. The molecule has 30 heavy (non-hydrogen) atoms. The maximum absolute atomic E-state index is 13.3. The van der Waals surface area contributed by atoms with Crippen LogP contribution in [0.2, 0.25) is 0 Å². The molecule has 0 aromatic heterocycles. The molecule has 1 unspecified atom stereocenters. The van der Waals surface area contributed by atoms with Crippen molar-refractivity contribution in [1.29, 1.82) is 0 Å². The third-order valence-electron chi connectivity index (χ3n) is 4.36. The number of sulfonamides is 1. The van der Waals surface area contributed by atoms with Gasteiger partial charge in [0.05, 0.1) is 11.9 Å². The molecule has 0 fully saturated rings. The minimum Gasteiger partial charge on any atom is -0.480 e. The molecule has 0 radical (unpaired) electrons. The van der Waals surface area contributed by atoms with Gasteiger partial charge in [0.15, 0.2) is 0 Å². The van der Waals surface area contributed by atoms with Crippen LogP contribution in [0.4, 0.5) is 10.1 Å². The van der Waals surface area contributed by atoms with E-state index in [9.17, 15) is 22.7 Å². The predicted molar refractivity (Wildman–Crippen MR) is 112 cm³/mol. The average molecular weight is 429 g/mol. The van der Waals surface area contributed by atoms with E-state index in [-0.39, 0.29) is 12.1 Å². The number of ether oxygens (including phenoxy) is 1. The van der Waals surface area contributed by atoms with Gasteiger partial charge in [0, 0.05) is 6.42 Å². The number of para-hydroxylation sites is 2. The molecule has 0 bridgehead atoms. The Balaban J connectivity index is 1.99. The van der Waals surface area contributed by atoms with Crippen LogP contribution in [0.25, 0.3) is 0 Å². The van der Waals surface area contributed by atoms with Crippen LogP contribution < -0.4 is 9.04 Å². The zero-order chi connectivity index (χ0) is 21.7. The van der Waals surface area contributed by atoms with Gasteiger partial charge in [0.2, 0.25) is 10.0 Å². The van der Waals surface area contributed by atoms with E-state index in [4.69, 9.17) is 4.74 Å². The van der Waals surface area contributed by atoms with Crippen molar-refractivity contribution in [3.63, 3.8) is 0 Å². The van der Waals surface area contributed by atoms with E-state index in [0.717, 1.165) is 22.7 Å². The van der Waals surface area contributed by atoms with Crippen LogP contribution in [0, 0.1) is 5.82 Å². The van der Waals surface area contributed by atoms with Crippen LogP contribution in [-0.2, 0) is 21.2 Å². The number of carboxylic acid groups (broad SMARTS) is 1. The third-order valence-corrected chi connectivity index (χ3v) is 5.54. The SMILES string of the molecule is CS(=O)(=O)N(c1ccc(F)cc1)C(Cc1ccccc1Oc1ccccc1)C(=O)O. The van der Waals surface area contributed by atoms with Gasteiger partial charge in [-0.2, -0.15) is 0 Å². The second kappa shape index (κ2) is 8.96. The van der Waals surface area contributed by atoms with Gasteiger partial charge in [-0.15, -0.1) is 0 Å². The lowest BCUT2D eigenvalue weighted by molar-refractivity contribution is -0.138. The first-order valence-corrected chi connectivity index (χ1v) is 10.9. The Bertz CT molecular complexity index is 1120. The average Bonchev–Trinajstić information content (AvgIpc) is 2.70. The first-order chi connectivity index (χ1) is 14.3. The highest BCUT2D eigenvalue weighted by molar-refractivity contribution is 7.92. The van der Waals surface area contributed by atoms with Crippen molar-refractivity contribution < 1.29 is 27.4 Å². The van der Waals surface area contributed by atoms with Gasteiger partial charge < -0.3 is 9.84 Å². The second-order valence-electron chi connectivity index (χ2n) is 6.62. The van der Waals surface area contributed by atoms with Crippen LogP contribution in [0.1, 0.15) is 5.56 Å². The van der Waals surface area contributed by atoms with E-state index in [1.54, 1.807) is 48.5 Å². The Hall–Kier alpha value is -3.39. The highest BCUT2D eigenvalue weighted by Gasteiger charge is 2.33. The number of rotatable bonds is 8. The number of nitrogens with zero attached hydrogens (tertiary/aromatic N) is 1. The smallest absolute Gasteiger partial charge is 0.327 e. The Labute approximate surface area is 174 Å². The fourth-order valence-corrected chi connectivity index (χ4v) is 4.19. The number of carboxylic acids is 1. The molecule has 156 valence electrons. The maximum atomic E-state index is 13.3. The van der Waals surface area contributed by atoms with E-state index >= 15 is 0 Å². The van der Waals surface area contributed by atoms with Gasteiger partial charge in [0.1, 0.15) is 23.4 Å². The van der Waals surface area contributed by atoms with E-state index in [2.05, 4.69) is 0 Å². The summed E-state index contributed by atoms with van der Waals surface area (Å²) < 4.78 is 44.9. The molecule has 0 spiro atoms. The molecule has 0 saturated heterocycles. The Morgan fingerprint density at radius 1 is 1.00 bits per heavy atom. The van der Waals surface area contributed by atoms with Crippen LogP contribution in [-0.4, -0.2) is 31.8 Å².